The molecule has 0 saturated heterocycles. The smallest absolute Gasteiger partial charge is 0.274 e. The Balaban J connectivity index is 1.56. The van der Waals surface area contributed by atoms with Crippen LogP contribution in [0.2, 0.25) is 0 Å². The van der Waals surface area contributed by atoms with Gasteiger partial charge >= 0.3 is 0 Å². The number of hydrogen-bond acceptors (Lipinski definition) is 6. The van der Waals surface area contributed by atoms with Gasteiger partial charge in [-0.25, -0.2) is 9.37 Å². The number of nitrogens with two attached hydrogens (primary N) is 1. The molecule has 31 heavy (non-hydrogen) atoms. The zero-order chi connectivity index (χ0) is 21.8. The summed E-state index contributed by atoms with van der Waals surface area (Å²) in [5, 5.41) is 3.31. The van der Waals surface area contributed by atoms with E-state index in [1.165, 1.54) is 24.0 Å². The van der Waals surface area contributed by atoms with Crippen molar-refractivity contribution in [2.24, 2.45) is 16.6 Å². The van der Waals surface area contributed by atoms with Crippen molar-refractivity contribution in [2.75, 3.05) is 24.8 Å². The van der Waals surface area contributed by atoms with Crippen LogP contribution in [0.1, 0.15) is 40.9 Å². The number of aromatic nitrogens is 1. The van der Waals surface area contributed by atoms with Crippen molar-refractivity contribution in [3.05, 3.63) is 59.2 Å². The third-order valence-electron chi connectivity index (χ3n) is 5.66. The Morgan fingerprint density at radius 3 is 3.06 bits per heavy atom. The second kappa shape index (κ2) is 9.08. The van der Waals surface area contributed by atoms with Gasteiger partial charge in [0, 0.05) is 35.9 Å². The van der Waals surface area contributed by atoms with Crippen molar-refractivity contribution in [3.8, 4) is 11.8 Å². The number of nitrogens with zero attached hydrogens (tertiary/aromatic N) is 2. The van der Waals surface area contributed by atoms with Crippen LogP contribution < -0.4 is 11.1 Å². The molecule has 1 aliphatic carbocycles. The van der Waals surface area contributed by atoms with Crippen LogP contribution in [-0.4, -0.2) is 35.5 Å². The molecule has 0 bridgehead atoms. The molecule has 1 aromatic carbocycles. The van der Waals surface area contributed by atoms with E-state index in [1.807, 2.05) is 0 Å². The molecule has 1 aliphatic heterocycles. The van der Waals surface area contributed by atoms with Gasteiger partial charge in [-0.15, -0.1) is 0 Å². The average Bonchev–Trinajstić information content (AvgIpc) is 3.19. The maximum Gasteiger partial charge on any atom is 0.274 e. The number of halogens is 1. The highest BCUT2D eigenvalue weighted by Crippen LogP contribution is 2.51. The van der Waals surface area contributed by atoms with Gasteiger partial charge in [0.1, 0.15) is 18.1 Å². The SMILES string of the molecule is COCC#Cc1ccc(C(=O)Nc2ccc(F)c([C@]34CCC[C@H]3CSC(N)=N4)c2)nc1. The van der Waals surface area contributed by atoms with Crippen LogP contribution in [0.25, 0.3) is 0 Å². The topological polar surface area (TPSA) is 89.6 Å². The molecule has 4 rings (SSSR count). The number of ether oxygens (including phenoxy) is 1. The number of pyridine rings is 1. The number of carbonyl (C=O) groups excluding carboxylic acids is 1. The molecule has 0 radical (unpaired) electrons. The number of nitrogens with one attached hydrogen (secondary N) is 1. The second-order valence-electron chi connectivity index (χ2n) is 7.59. The highest BCUT2D eigenvalue weighted by atomic mass is 32.2. The maximum atomic E-state index is 14.9. The molecule has 2 aromatic rings. The molecule has 6 nitrogen and oxygen atoms in total. The highest BCUT2D eigenvalue weighted by Gasteiger charge is 2.48. The Morgan fingerprint density at radius 1 is 1.42 bits per heavy atom. The summed E-state index contributed by atoms with van der Waals surface area (Å²) in [4.78, 5) is 21.5. The van der Waals surface area contributed by atoms with Gasteiger partial charge in [0.05, 0.1) is 5.54 Å². The lowest BCUT2D eigenvalue weighted by Crippen LogP contribution is -2.37. The van der Waals surface area contributed by atoms with E-state index < -0.39 is 5.54 Å². The number of rotatable bonds is 4. The summed E-state index contributed by atoms with van der Waals surface area (Å²) < 4.78 is 19.8. The van der Waals surface area contributed by atoms with E-state index >= 15 is 0 Å². The number of fused-ring (bicyclic) bond motifs is 1. The number of amidine groups is 1. The van der Waals surface area contributed by atoms with Gasteiger partial charge in [-0.3, -0.25) is 9.79 Å². The third kappa shape index (κ3) is 4.43. The maximum absolute atomic E-state index is 14.9. The van der Waals surface area contributed by atoms with Crippen molar-refractivity contribution >= 4 is 28.5 Å². The molecule has 2 aliphatic rings. The highest BCUT2D eigenvalue weighted by molar-refractivity contribution is 8.13. The first-order valence-corrected chi connectivity index (χ1v) is 11.0. The zero-order valence-corrected chi connectivity index (χ0v) is 18.0. The number of amides is 1. The summed E-state index contributed by atoms with van der Waals surface area (Å²) in [6, 6.07) is 7.94. The number of carbonyl (C=O) groups is 1. The summed E-state index contributed by atoms with van der Waals surface area (Å²) in [6.45, 7) is 0.325. The number of benzene rings is 1. The predicted molar refractivity (Wildman–Crippen MR) is 120 cm³/mol. The Hall–Kier alpha value is -2.89. The minimum atomic E-state index is -0.652. The number of anilines is 1. The second-order valence-corrected chi connectivity index (χ2v) is 8.63. The number of methoxy groups -OCH3 is 1. The molecule has 2 heterocycles. The summed E-state index contributed by atoms with van der Waals surface area (Å²) in [6.07, 6.45) is 4.25. The predicted octanol–water partition coefficient (Wildman–Crippen LogP) is 3.53. The fraction of sp³-hybridized carbons (Fsp3) is 0.348. The first-order valence-electron chi connectivity index (χ1n) is 10.1. The normalized spacial score (nSPS) is 22.1. The largest absolute Gasteiger partial charge is 0.379 e. The average molecular weight is 439 g/mol. The minimum absolute atomic E-state index is 0.235. The Labute approximate surface area is 184 Å². The number of aliphatic imine (C=N–C) groups is 1. The van der Waals surface area contributed by atoms with Gasteiger partial charge in [-0.2, -0.15) is 0 Å². The lowest BCUT2D eigenvalue weighted by atomic mass is 9.81. The van der Waals surface area contributed by atoms with Crippen molar-refractivity contribution in [1.82, 2.24) is 4.98 Å². The van der Waals surface area contributed by atoms with Crippen LogP contribution in [-0.2, 0) is 10.3 Å². The van der Waals surface area contributed by atoms with Gasteiger partial charge in [0.15, 0.2) is 5.17 Å². The lowest BCUT2D eigenvalue weighted by molar-refractivity contribution is 0.102. The number of hydrogen-bond donors (Lipinski definition) is 2. The Kier molecular flexibility index (Phi) is 6.25. The molecule has 0 spiro atoms. The van der Waals surface area contributed by atoms with E-state index in [9.17, 15) is 9.18 Å². The fourth-order valence-corrected chi connectivity index (χ4v) is 5.24. The molecule has 160 valence electrons. The van der Waals surface area contributed by atoms with E-state index in [0.717, 1.165) is 25.0 Å². The van der Waals surface area contributed by atoms with Gasteiger partial charge in [-0.1, -0.05) is 30.0 Å². The first kappa shape index (κ1) is 21.3. The lowest BCUT2D eigenvalue weighted by Gasteiger charge is -2.36. The van der Waals surface area contributed by atoms with Gasteiger partial charge in [0.25, 0.3) is 5.91 Å². The summed E-state index contributed by atoms with van der Waals surface area (Å²) >= 11 is 1.52. The molecule has 1 saturated carbocycles. The van der Waals surface area contributed by atoms with E-state index in [-0.39, 0.29) is 23.3 Å². The molecule has 3 N–H and O–H groups in total. The Morgan fingerprint density at radius 2 is 2.29 bits per heavy atom. The molecule has 0 unspecified atom stereocenters. The molecular formula is C23H23FN4O2S. The molecule has 1 amide bonds. The monoisotopic (exact) mass is 438 g/mol. The summed E-state index contributed by atoms with van der Waals surface area (Å²) in [5.41, 5.74) is 7.28. The van der Waals surface area contributed by atoms with Crippen LogP contribution in [0.3, 0.4) is 0 Å². The van der Waals surface area contributed by atoms with E-state index in [0.29, 0.717) is 28.6 Å². The first-order chi connectivity index (χ1) is 15.0. The summed E-state index contributed by atoms with van der Waals surface area (Å²) in [5.74, 6) is 6.09. The van der Waals surface area contributed by atoms with Crippen LogP contribution in [0, 0.1) is 23.6 Å². The minimum Gasteiger partial charge on any atom is -0.379 e. The molecule has 1 aromatic heterocycles. The summed E-state index contributed by atoms with van der Waals surface area (Å²) in [7, 11) is 1.57. The van der Waals surface area contributed by atoms with Gasteiger partial charge in [0.2, 0.25) is 0 Å². The standard InChI is InChI=1S/C23H23FN4O2S/c1-30-11-3-4-15-6-9-20(26-13-15)21(29)27-17-7-8-19(24)18(12-17)23-10-2-5-16(23)14-31-22(25)28-23/h6-9,12-13,16H,2,5,10-11,14H2,1H3,(H2,25,28)(H,27,29)/t16-,23-/m0/s1. The number of thioether (sulfide) groups is 1. The van der Waals surface area contributed by atoms with Crippen molar-refractivity contribution in [2.45, 2.75) is 24.8 Å². The molecular weight excluding hydrogens is 415 g/mol. The molecule has 2 atom stereocenters. The third-order valence-corrected chi connectivity index (χ3v) is 6.62. The van der Waals surface area contributed by atoms with Crippen molar-refractivity contribution < 1.29 is 13.9 Å². The van der Waals surface area contributed by atoms with Gasteiger partial charge in [-0.05, 0) is 49.1 Å². The van der Waals surface area contributed by atoms with Crippen LogP contribution >= 0.6 is 11.8 Å². The van der Waals surface area contributed by atoms with Crippen LogP contribution in [0.4, 0.5) is 10.1 Å². The fourth-order valence-electron chi connectivity index (χ4n) is 4.20. The zero-order valence-electron chi connectivity index (χ0n) is 17.2. The Bertz CT molecular complexity index is 1080. The van der Waals surface area contributed by atoms with Crippen molar-refractivity contribution in [1.29, 1.82) is 0 Å². The van der Waals surface area contributed by atoms with E-state index in [2.05, 4.69) is 22.1 Å². The van der Waals surface area contributed by atoms with Crippen LogP contribution in [0.15, 0.2) is 41.5 Å². The molecule has 8 heteroatoms. The molecule has 1 fully saturated rings. The quantitative estimate of drug-likeness (QED) is 0.713. The van der Waals surface area contributed by atoms with Crippen molar-refractivity contribution in [3.63, 3.8) is 0 Å². The van der Waals surface area contributed by atoms with Crippen LogP contribution in [0.5, 0.6) is 0 Å². The van der Waals surface area contributed by atoms with E-state index in [4.69, 9.17) is 15.5 Å². The van der Waals surface area contributed by atoms with E-state index in [1.54, 1.807) is 31.4 Å². The van der Waals surface area contributed by atoms with Gasteiger partial charge < -0.3 is 15.8 Å².